The molecular weight excluding hydrogens is 357 g/mol. The van der Waals surface area contributed by atoms with Gasteiger partial charge in [0.15, 0.2) is 0 Å². The molecule has 6 heteroatoms. The van der Waals surface area contributed by atoms with Crippen molar-refractivity contribution in [1.82, 2.24) is 0 Å². The predicted octanol–water partition coefficient (Wildman–Crippen LogP) is 5.02. The van der Waals surface area contributed by atoms with E-state index >= 15 is 0 Å². The van der Waals surface area contributed by atoms with E-state index in [1.165, 1.54) is 0 Å². The average Bonchev–Trinajstić information content (AvgIpc) is 3.07. The molecule has 4 aliphatic carbocycles. The first kappa shape index (κ1) is 13.2. The maximum Gasteiger partial charge on any atom is 0.104 e. The third kappa shape index (κ3) is 0.983. The second-order valence-corrected chi connectivity index (χ2v) is 9.64. The molecule has 6 unspecified atom stereocenters. The second kappa shape index (κ2) is 3.13. The van der Waals surface area contributed by atoms with Crippen molar-refractivity contribution in [1.29, 1.82) is 0 Å². The molecule has 0 aromatic rings. The van der Waals surface area contributed by atoms with Crippen molar-refractivity contribution >= 4 is 69.6 Å². The van der Waals surface area contributed by atoms with Gasteiger partial charge in [0.25, 0.3) is 0 Å². The Hall–Kier alpha value is 1.48. The van der Waals surface area contributed by atoms with Gasteiger partial charge in [-0.3, -0.25) is 0 Å². The van der Waals surface area contributed by atoms with Gasteiger partial charge in [0.05, 0.1) is 24.9 Å². The minimum absolute atomic E-state index is 0.255. The van der Waals surface area contributed by atoms with Crippen molar-refractivity contribution in [2.24, 2.45) is 0 Å². The Balaban J connectivity index is 1.98. The highest BCUT2D eigenvalue weighted by Crippen LogP contribution is 2.88. The lowest BCUT2D eigenvalue weighted by Gasteiger charge is -2.48. The quantitative estimate of drug-likeness (QED) is 0.417. The van der Waals surface area contributed by atoms with E-state index in [9.17, 15) is 0 Å². The van der Waals surface area contributed by atoms with Crippen LogP contribution in [0.2, 0.25) is 0 Å². The molecular formula is C12H10Cl6. The molecule has 3 fully saturated rings. The molecule has 0 aliphatic heterocycles. The largest absolute Gasteiger partial charge is 0.121 e. The molecule has 0 amide bonds. The van der Waals surface area contributed by atoms with Crippen LogP contribution in [0.5, 0.6) is 0 Å². The molecule has 0 bridgehead atoms. The average molecular weight is 367 g/mol. The summed E-state index contributed by atoms with van der Waals surface area (Å²) in [6.45, 7) is 0. The van der Waals surface area contributed by atoms with Crippen molar-refractivity contribution in [3.63, 3.8) is 0 Å². The number of allylic oxidation sites excluding steroid dienone is 2. The Bertz CT molecular complexity index is 505. The fraction of sp³-hybridized carbons (Fsp3) is 0.833. The summed E-state index contributed by atoms with van der Waals surface area (Å²) in [5.41, 5.74) is 0.906. The summed E-state index contributed by atoms with van der Waals surface area (Å²) < 4.78 is 0. The third-order valence-corrected chi connectivity index (χ3v) is 10.0. The molecule has 0 saturated heterocycles. The highest BCUT2D eigenvalue weighted by atomic mass is 35.5. The van der Waals surface area contributed by atoms with E-state index in [1.807, 2.05) is 0 Å². The predicted molar refractivity (Wildman–Crippen MR) is 79.1 cm³/mol. The van der Waals surface area contributed by atoms with Crippen molar-refractivity contribution in [3.8, 4) is 0 Å². The Labute approximate surface area is 136 Å². The first-order valence-corrected chi connectivity index (χ1v) is 8.30. The van der Waals surface area contributed by atoms with Gasteiger partial charge in [0, 0.05) is 0 Å². The van der Waals surface area contributed by atoms with Crippen LogP contribution in [-0.2, 0) is 0 Å². The number of fused-ring (bicyclic) bond motifs is 6. The first-order valence-electron chi connectivity index (χ1n) is 5.97. The molecule has 0 nitrogen and oxygen atoms in total. The molecule has 0 N–H and O–H groups in total. The molecule has 0 aromatic heterocycles. The number of rotatable bonds is 0. The van der Waals surface area contributed by atoms with Gasteiger partial charge in [0.1, 0.15) is 4.87 Å². The van der Waals surface area contributed by atoms with E-state index in [-0.39, 0.29) is 5.38 Å². The van der Waals surface area contributed by atoms with E-state index in [4.69, 9.17) is 69.6 Å². The number of hydrogen-bond donors (Lipinski definition) is 0. The van der Waals surface area contributed by atoms with Gasteiger partial charge in [-0.2, -0.15) is 0 Å². The zero-order chi connectivity index (χ0) is 13.2. The van der Waals surface area contributed by atoms with Crippen LogP contribution in [0.3, 0.4) is 0 Å². The summed E-state index contributed by atoms with van der Waals surface area (Å²) >= 11 is 40.1. The van der Waals surface area contributed by atoms with Crippen LogP contribution in [0.15, 0.2) is 11.6 Å². The summed E-state index contributed by atoms with van der Waals surface area (Å²) in [6, 6.07) is 0. The van der Waals surface area contributed by atoms with E-state index in [0.717, 1.165) is 18.4 Å². The summed E-state index contributed by atoms with van der Waals surface area (Å²) in [4.78, 5) is -3.73. The number of halogens is 6. The van der Waals surface area contributed by atoms with Gasteiger partial charge in [-0.25, -0.2) is 0 Å². The monoisotopic (exact) mass is 364 g/mol. The van der Waals surface area contributed by atoms with Crippen LogP contribution in [0.25, 0.3) is 0 Å². The van der Waals surface area contributed by atoms with Gasteiger partial charge in [-0.15, -0.1) is 69.6 Å². The minimum atomic E-state index is -0.868. The lowest BCUT2D eigenvalue weighted by molar-refractivity contribution is 0.450. The van der Waals surface area contributed by atoms with Crippen LogP contribution in [0.1, 0.15) is 25.7 Å². The minimum Gasteiger partial charge on any atom is -0.121 e. The van der Waals surface area contributed by atoms with Crippen molar-refractivity contribution in [2.75, 3.05) is 0 Å². The van der Waals surface area contributed by atoms with Gasteiger partial charge in [-0.05, 0) is 31.3 Å². The van der Waals surface area contributed by atoms with Crippen LogP contribution in [-0.4, -0.2) is 29.7 Å². The van der Waals surface area contributed by atoms with E-state index in [2.05, 4.69) is 6.08 Å². The maximum absolute atomic E-state index is 6.86. The fourth-order valence-electron chi connectivity index (χ4n) is 4.02. The third-order valence-electron chi connectivity index (χ3n) is 5.20. The van der Waals surface area contributed by atoms with Crippen molar-refractivity contribution in [3.05, 3.63) is 11.6 Å². The molecule has 0 aromatic carbocycles. The van der Waals surface area contributed by atoms with Crippen molar-refractivity contribution < 1.29 is 0 Å². The van der Waals surface area contributed by atoms with Crippen LogP contribution >= 0.6 is 69.6 Å². The maximum atomic E-state index is 6.86. The molecule has 18 heavy (non-hydrogen) atoms. The zero-order valence-electron chi connectivity index (χ0n) is 9.25. The fourth-order valence-corrected chi connectivity index (χ4v) is 7.70. The van der Waals surface area contributed by atoms with Crippen LogP contribution in [0, 0.1) is 0 Å². The highest BCUT2D eigenvalue weighted by molar-refractivity contribution is 6.56. The SMILES string of the molecule is ClC1CCC=C2C3(Cl)CC3(Cl)C3(Cl)CC3(Cl)C21Cl. The van der Waals surface area contributed by atoms with Gasteiger partial charge >= 0.3 is 0 Å². The molecule has 0 heterocycles. The lowest BCUT2D eigenvalue weighted by atomic mass is 9.75. The second-order valence-electron chi connectivity index (χ2n) is 5.93. The Morgan fingerprint density at radius 3 is 2.28 bits per heavy atom. The zero-order valence-corrected chi connectivity index (χ0v) is 13.8. The van der Waals surface area contributed by atoms with Gasteiger partial charge < -0.3 is 0 Å². The Morgan fingerprint density at radius 2 is 1.61 bits per heavy atom. The van der Waals surface area contributed by atoms with E-state index in [0.29, 0.717) is 12.8 Å². The smallest absolute Gasteiger partial charge is 0.104 e. The molecule has 4 rings (SSSR count). The van der Waals surface area contributed by atoms with Crippen LogP contribution < -0.4 is 0 Å². The van der Waals surface area contributed by atoms with E-state index in [1.54, 1.807) is 0 Å². The molecule has 0 spiro atoms. The number of hydrogen-bond acceptors (Lipinski definition) is 0. The summed E-state index contributed by atoms with van der Waals surface area (Å²) in [7, 11) is 0. The molecule has 100 valence electrons. The highest BCUT2D eigenvalue weighted by Gasteiger charge is 2.97. The molecule has 0 radical (unpaired) electrons. The molecule has 6 atom stereocenters. The number of alkyl halides is 6. The standard InChI is InChI=1S/C12H10Cl6/c13-7-3-1-2-6-8(14)4-9(8,15)10(16)5-11(10,17)12(6,7)18/h2,7H,1,3-5H2. The van der Waals surface area contributed by atoms with Gasteiger partial charge in [-0.1, -0.05) is 6.08 Å². The topological polar surface area (TPSA) is 0 Å². The summed E-state index contributed by atoms with van der Waals surface area (Å²) in [6.07, 6.45) is 4.90. The summed E-state index contributed by atoms with van der Waals surface area (Å²) in [5, 5.41) is -0.255. The lowest BCUT2D eigenvalue weighted by Crippen LogP contribution is -2.59. The Kier molecular flexibility index (Phi) is 2.29. The van der Waals surface area contributed by atoms with Crippen LogP contribution in [0.4, 0.5) is 0 Å². The Morgan fingerprint density at radius 1 is 0.944 bits per heavy atom. The van der Waals surface area contributed by atoms with Gasteiger partial charge in [0.2, 0.25) is 0 Å². The first-order chi connectivity index (χ1) is 8.17. The normalized spacial score (nSPS) is 68.6. The molecule has 3 saturated carbocycles. The summed E-state index contributed by atoms with van der Waals surface area (Å²) in [5.74, 6) is 0. The van der Waals surface area contributed by atoms with E-state index < -0.39 is 24.4 Å². The van der Waals surface area contributed by atoms with Crippen molar-refractivity contribution in [2.45, 2.75) is 55.4 Å². The molecule has 4 aliphatic rings.